The van der Waals surface area contributed by atoms with Crippen molar-refractivity contribution >= 4 is 0 Å². The second-order valence-corrected chi connectivity index (χ2v) is 5.58. The first kappa shape index (κ1) is 13.1. The second kappa shape index (κ2) is 5.23. The third-order valence-electron chi connectivity index (χ3n) is 4.01. The fourth-order valence-corrected chi connectivity index (χ4v) is 2.71. The van der Waals surface area contributed by atoms with E-state index in [4.69, 9.17) is 4.52 Å². The van der Waals surface area contributed by atoms with Crippen molar-refractivity contribution in [2.45, 2.75) is 38.5 Å². The van der Waals surface area contributed by atoms with E-state index >= 15 is 0 Å². The van der Waals surface area contributed by atoms with E-state index in [1.165, 1.54) is 31.0 Å². The van der Waals surface area contributed by atoms with Crippen LogP contribution in [0.3, 0.4) is 0 Å². The molecule has 0 saturated heterocycles. The van der Waals surface area contributed by atoms with Gasteiger partial charge in [-0.2, -0.15) is 4.98 Å². The summed E-state index contributed by atoms with van der Waals surface area (Å²) in [6, 6.07) is 3.69. The molecule has 1 aromatic heterocycles. The van der Waals surface area contributed by atoms with Gasteiger partial charge in [0.2, 0.25) is 0 Å². The lowest BCUT2D eigenvalue weighted by Crippen LogP contribution is -2.11. The molecule has 0 atom stereocenters. The molecule has 1 fully saturated rings. The molecular weight excluding hydrogens is 259 g/mol. The molecule has 106 valence electrons. The average Bonchev–Trinajstić information content (AvgIpc) is 2.92. The zero-order valence-electron chi connectivity index (χ0n) is 11.3. The molecule has 1 heterocycles. The number of nitrogens with zero attached hydrogens (tertiary/aromatic N) is 2. The van der Waals surface area contributed by atoms with Crippen molar-refractivity contribution in [1.82, 2.24) is 10.1 Å². The first-order valence-corrected chi connectivity index (χ1v) is 6.96. The van der Waals surface area contributed by atoms with Gasteiger partial charge >= 0.3 is 0 Å². The fourth-order valence-electron chi connectivity index (χ4n) is 2.71. The van der Waals surface area contributed by atoms with E-state index in [-0.39, 0.29) is 17.2 Å². The summed E-state index contributed by atoms with van der Waals surface area (Å²) >= 11 is 0. The van der Waals surface area contributed by atoms with Gasteiger partial charge in [-0.3, -0.25) is 0 Å². The summed E-state index contributed by atoms with van der Waals surface area (Å²) in [5, 5.41) is 13.7. The predicted molar refractivity (Wildman–Crippen MR) is 71.7 cm³/mol. The molecular formula is C15H17FN2O2. The lowest BCUT2D eigenvalue weighted by molar-refractivity contribution is 0.328. The third kappa shape index (κ3) is 2.53. The normalized spacial score (nSPS) is 22.9. The van der Waals surface area contributed by atoms with Crippen LogP contribution in [0.25, 0.3) is 11.5 Å². The number of hydrogen-bond acceptors (Lipinski definition) is 4. The van der Waals surface area contributed by atoms with Crippen molar-refractivity contribution in [1.29, 1.82) is 0 Å². The van der Waals surface area contributed by atoms with Crippen LogP contribution in [0.5, 0.6) is 5.75 Å². The number of phenolic OH excluding ortho intramolecular Hbond substituents is 1. The molecule has 2 aromatic rings. The highest BCUT2D eigenvalue weighted by Gasteiger charge is 2.24. The van der Waals surface area contributed by atoms with Gasteiger partial charge in [0.1, 0.15) is 11.6 Å². The maximum absolute atomic E-state index is 13.2. The highest BCUT2D eigenvalue weighted by atomic mass is 19.1. The van der Waals surface area contributed by atoms with Gasteiger partial charge < -0.3 is 9.63 Å². The summed E-state index contributed by atoms with van der Waals surface area (Å²) in [5.41, 5.74) is 0.243. The van der Waals surface area contributed by atoms with Gasteiger partial charge in [-0.05, 0) is 37.0 Å². The Balaban J connectivity index is 1.85. The molecule has 4 nitrogen and oxygen atoms in total. The van der Waals surface area contributed by atoms with Crippen molar-refractivity contribution in [2.24, 2.45) is 5.92 Å². The highest BCUT2D eigenvalue weighted by molar-refractivity contribution is 5.61. The van der Waals surface area contributed by atoms with Crippen LogP contribution in [-0.4, -0.2) is 15.2 Å². The second-order valence-electron chi connectivity index (χ2n) is 5.58. The van der Waals surface area contributed by atoms with Crippen molar-refractivity contribution in [3.8, 4) is 17.2 Å². The van der Waals surface area contributed by atoms with E-state index in [1.807, 2.05) is 0 Å². The van der Waals surface area contributed by atoms with Crippen molar-refractivity contribution < 1.29 is 14.0 Å². The first-order valence-electron chi connectivity index (χ1n) is 6.96. The van der Waals surface area contributed by atoms with Crippen molar-refractivity contribution in [2.75, 3.05) is 0 Å². The molecule has 1 aliphatic carbocycles. The molecule has 1 N–H and O–H groups in total. The molecule has 1 saturated carbocycles. The molecule has 5 heteroatoms. The molecule has 3 rings (SSSR count). The first-order chi connectivity index (χ1) is 9.63. The van der Waals surface area contributed by atoms with Crippen LogP contribution in [0, 0.1) is 11.7 Å². The molecule has 0 bridgehead atoms. The smallest absolute Gasteiger partial charge is 0.261 e. The van der Waals surface area contributed by atoms with E-state index in [0.29, 0.717) is 11.7 Å². The largest absolute Gasteiger partial charge is 0.507 e. The van der Waals surface area contributed by atoms with Gasteiger partial charge in [0.05, 0.1) is 5.56 Å². The number of phenols is 1. The highest BCUT2D eigenvalue weighted by Crippen LogP contribution is 2.36. The third-order valence-corrected chi connectivity index (χ3v) is 4.01. The number of hydrogen-bond donors (Lipinski definition) is 1. The average molecular weight is 276 g/mol. The summed E-state index contributed by atoms with van der Waals surface area (Å²) in [7, 11) is 0. The summed E-state index contributed by atoms with van der Waals surface area (Å²) in [6.07, 6.45) is 4.43. The Labute approximate surface area is 116 Å². The summed E-state index contributed by atoms with van der Waals surface area (Å²) in [4.78, 5) is 4.33. The zero-order valence-corrected chi connectivity index (χ0v) is 11.3. The van der Waals surface area contributed by atoms with E-state index in [2.05, 4.69) is 17.1 Å². The minimum absolute atomic E-state index is 0.0566. The number of rotatable bonds is 2. The van der Waals surface area contributed by atoms with Crippen LogP contribution in [0.15, 0.2) is 22.7 Å². The predicted octanol–water partition coefficient (Wildman–Crippen LogP) is 3.88. The monoisotopic (exact) mass is 276 g/mol. The summed E-state index contributed by atoms with van der Waals surface area (Å²) in [5.74, 6) is 1.40. The van der Waals surface area contributed by atoms with Gasteiger partial charge in [-0.1, -0.05) is 24.9 Å². The van der Waals surface area contributed by atoms with Gasteiger partial charge in [-0.15, -0.1) is 0 Å². The molecule has 1 aromatic carbocycles. The standard InChI is InChI=1S/C15H17FN2O2/c1-9-2-4-10(5-3-9)14-17-15(20-18-14)12-8-11(16)6-7-13(12)19/h6-10,19H,2-5H2,1H3. The van der Waals surface area contributed by atoms with E-state index in [1.54, 1.807) is 0 Å². The molecule has 0 amide bonds. The van der Waals surface area contributed by atoms with E-state index < -0.39 is 5.82 Å². The lowest BCUT2D eigenvalue weighted by atomic mass is 9.83. The van der Waals surface area contributed by atoms with Crippen LogP contribution < -0.4 is 0 Å². The summed E-state index contributed by atoms with van der Waals surface area (Å²) in [6.45, 7) is 2.25. The van der Waals surface area contributed by atoms with Crippen LogP contribution in [0.2, 0.25) is 0 Å². The minimum Gasteiger partial charge on any atom is -0.507 e. The van der Waals surface area contributed by atoms with Crippen LogP contribution in [-0.2, 0) is 0 Å². The number of benzene rings is 1. The van der Waals surface area contributed by atoms with Crippen LogP contribution >= 0.6 is 0 Å². The molecule has 20 heavy (non-hydrogen) atoms. The number of halogens is 1. The maximum atomic E-state index is 13.2. The minimum atomic E-state index is -0.441. The maximum Gasteiger partial charge on any atom is 0.261 e. The Morgan fingerprint density at radius 2 is 2.00 bits per heavy atom. The fraction of sp³-hybridized carbons (Fsp3) is 0.467. The van der Waals surface area contributed by atoms with E-state index in [9.17, 15) is 9.50 Å². The molecule has 0 aliphatic heterocycles. The quantitative estimate of drug-likeness (QED) is 0.904. The Hall–Kier alpha value is -1.91. The van der Waals surface area contributed by atoms with Gasteiger partial charge in [0.15, 0.2) is 5.82 Å². The van der Waals surface area contributed by atoms with E-state index in [0.717, 1.165) is 18.8 Å². The van der Waals surface area contributed by atoms with Gasteiger partial charge in [-0.25, -0.2) is 4.39 Å². The Morgan fingerprint density at radius 3 is 2.75 bits per heavy atom. The molecule has 0 unspecified atom stereocenters. The number of aromatic hydroxyl groups is 1. The topological polar surface area (TPSA) is 59.2 Å². The van der Waals surface area contributed by atoms with Gasteiger partial charge in [0.25, 0.3) is 5.89 Å². The molecule has 0 spiro atoms. The Kier molecular flexibility index (Phi) is 3.42. The SMILES string of the molecule is CC1CCC(c2noc(-c3cc(F)ccc3O)n2)CC1. The van der Waals surface area contributed by atoms with Gasteiger partial charge in [0, 0.05) is 5.92 Å². The molecule has 0 radical (unpaired) electrons. The Morgan fingerprint density at radius 1 is 1.25 bits per heavy atom. The Bertz CT molecular complexity index is 604. The lowest BCUT2D eigenvalue weighted by Gasteiger charge is -2.23. The summed E-state index contributed by atoms with van der Waals surface area (Å²) < 4.78 is 18.4. The van der Waals surface area contributed by atoms with Crippen LogP contribution in [0.1, 0.15) is 44.3 Å². The van der Waals surface area contributed by atoms with Crippen molar-refractivity contribution in [3.63, 3.8) is 0 Å². The van der Waals surface area contributed by atoms with Crippen LogP contribution in [0.4, 0.5) is 4.39 Å². The molecule has 1 aliphatic rings. The number of aromatic nitrogens is 2. The zero-order chi connectivity index (χ0) is 14.1. The van der Waals surface area contributed by atoms with Crippen molar-refractivity contribution in [3.05, 3.63) is 29.8 Å².